The molecule has 3 aliphatic rings. The summed E-state index contributed by atoms with van der Waals surface area (Å²) in [5, 5.41) is 0. The summed E-state index contributed by atoms with van der Waals surface area (Å²) in [6.45, 7) is 4.47. The van der Waals surface area contributed by atoms with Gasteiger partial charge >= 0.3 is 0 Å². The van der Waals surface area contributed by atoms with Crippen LogP contribution in [0.2, 0.25) is 0 Å². The van der Waals surface area contributed by atoms with Gasteiger partial charge in [0.05, 0.1) is 18.6 Å². The summed E-state index contributed by atoms with van der Waals surface area (Å²) in [5.41, 5.74) is 3.72. The molecule has 25 heavy (non-hydrogen) atoms. The van der Waals surface area contributed by atoms with Crippen molar-refractivity contribution in [1.82, 2.24) is 4.90 Å². The number of aryl methyl sites for hydroxylation is 2. The smallest absolute Gasteiger partial charge is 0.228 e. The molecule has 2 amide bonds. The Morgan fingerprint density at radius 2 is 2.08 bits per heavy atom. The average Bonchev–Trinajstić information content (AvgIpc) is 3.26. The van der Waals surface area contributed by atoms with Crippen LogP contribution < -0.4 is 4.90 Å². The minimum Gasteiger partial charge on any atom is -0.375 e. The molecule has 2 fully saturated rings. The van der Waals surface area contributed by atoms with E-state index in [0.29, 0.717) is 32.7 Å². The van der Waals surface area contributed by atoms with Crippen LogP contribution in [0.25, 0.3) is 0 Å². The lowest BCUT2D eigenvalue weighted by Crippen LogP contribution is -2.48. The second kappa shape index (κ2) is 6.79. The molecular weight excluding hydrogens is 316 g/mol. The SMILES string of the molecule is CCC1CN(C(=O)C2CC(=O)N(c3ccc4c(c3)CCC4)C2)CCO1. The van der Waals surface area contributed by atoms with Crippen LogP contribution in [0.15, 0.2) is 18.2 Å². The van der Waals surface area contributed by atoms with Gasteiger partial charge in [-0.1, -0.05) is 13.0 Å². The quantitative estimate of drug-likeness (QED) is 0.846. The monoisotopic (exact) mass is 342 g/mol. The Hall–Kier alpha value is -1.88. The fourth-order valence-electron chi connectivity index (χ4n) is 4.27. The normalized spacial score (nSPS) is 26.2. The number of amides is 2. The van der Waals surface area contributed by atoms with Crippen LogP contribution in [-0.2, 0) is 27.2 Å². The van der Waals surface area contributed by atoms with Gasteiger partial charge in [-0.15, -0.1) is 0 Å². The number of rotatable bonds is 3. The first-order valence-corrected chi connectivity index (χ1v) is 9.48. The average molecular weight is 342 g/mol. The van der Waals surface area contributed by atoms with Crippen LogP contribution >= 0.6 is 0 Å². The summed E-state index contributed by atoms with van der Waals surface area (Å²) in [6, 6.07) is 6.33. The highest BCUT2D eigenvalue weighted by molar-refractivity contribution is 6.00. The molecule has 0 bridgehead atoms. The first-order chi connectivity index (χ1) is 12.2. The third kappa shape index (κ3) is 3.17. The van der Waals surface area contributed by atoms with Gasteiger partial charge in [-0.3, -0.25) is 9.59 Å². The molecule has 2 atom stereocenters. The maximum atomic E-state index is 12.9. The Kier molecular flexibility index (Phi) is 4.50. The van der Waals surface area contributed by atoms with E-state index in [4.69, 9.17) is 4.74 Å². The van der Waals surface area contributed by atoms with Crippen molar-refractivity contribution in [3.8, 4) is 0 Å². The van der Waals surface area contributed by atoms with Gasteiger partial charge in [-0.25, -0.2) is 0 Å². The predicted octanol–water partition coefficient (Wildman–Crippen LogP) is 2.17. The third-order valence-electron chi connectivity index (χ3n) is 5.77. The second-order valence-corrected chi connectivity index (χ2v) is 7.40. The molecule has 2 saturated heterocycles. The van der Waals surface area contributed by atoms with E-state index in [-0.39, 0.29) is 23.8 Å². The standard InChI is InChI=1S/C20H26N2O3/c1-2-18-13-21(8-9-25-18)20(24)16-11-19(23)22(12-16)17-7-6-14-4-3-5-15(14)10-17/h6-7,10,16,18H,2-5,8-9,11-13H2,1H3. The van der Waals surface area contributed by atoms with Gasteiger partial charge in [0, 0.05) is 31.7 Å². The Labute approximate surface area is 148 Å². The highest BCUT2D eigenvalue weighted by Gasteiger charge is 2.38. The zero-order valence-corrected chi connectivity index (χ0v) is 14.9. The number of carbonyl (C=O) groups is 2. The fourth-order valence-corrected chi connectivity index (χ4v) is 4.27. The van der Waals surface area contributed by atoms with Crippen molar-refractivity contribution in [2.45, 2.75) is 45.1 Å². The van der Waals surface area contributed by atoms with E-state index >= 15 is 0 Å². The van der Waals surface area contributed by atoms with Gasteiger partial charge in [0.1, 0.15) is 0 Å². The molecule has 2 unspecified atom stereocenters. The van der Waals surface area contributed by atoms with Crippen molar-refractivity contribution >= 4 is 17.5 Å². The number of morpholine rings is 1. The fraction of sp³-hybridized carbons (Fsp3) is 0.600. The minimum absolute atomic E-state index is 0.0663. The van der Waals surface area contributed by atoms with E-state index in [0.717, 1.165) is 24.9 Å². The summed E-state index contributed by atoms with van der Waals surface area (Å²) < 4.78 is 5.65. The van der Waals surface area contributed by atoms with Crippen LogP contribution in [-0.4, -0.2) is 49.1 Å². The highest BCUT2D eigenvalue weighted by atomic mass is 16.5. The zero-order valence-electron chi connectivity index (χ0n) is 14.9. The number of ether oxygens (including phenoxy) is 1. The van der Waals surface area contributed by atoms with Gasteiger partial charge < -0.3 is 14.5 Å². The lowest BCUT2D eigenvalue weighted by molar-refractivity contribution is -0.143. The molecule has 1 aliphatic carbocycles. The number of fused-ring (bicyclic) bond motifs is 1. The van der Waals surface area contributed by atoms with Gasteiger partial charge in [-0.05, 0) is 48.9 Å². The van der Waals surface area contributed by atoms with E-state index in [1.807, 2.05) is 11.0 Å². The van der Waals surface area contributed by atoms with Crippen LogP contribution in [0.4, 0.5) is 5.69 Å². The minimum atomic E-state index is -0.226. The molecule has 0 aromatic heterocycles. The topological polar surface area (TPSA) is 49.9 Å². The molecule has 0 spiro atoms. The molecule has 5 nitrogen and oxygen atoms in total. The maximum Gasteiger partial charge on any atom is 0.228 e. The van der Waals surface area contributed by atoms with Crippen LogP contribution in [0.3, 0.4) is 0 Å². The van der Waals surface area contributed by atoms with Gasteiger partial charge in [0.15, 0.2) is 0 Å². The highest BCUT2D eigenvalue weighted by Crippen LogP contribution is 2.31. The lowest BCUT2D eigenvalue weighted by atomic mass is 10.1. The molecule has 1 aromatic rings. The summed E-state index contributed by atoms with van der Waals surface area (Å²) in [4.78, 5) is 29.1. The first-order valence-electron chi connectivity index (χ1n) is 9.48. The Morgan fingerprint density at radius 3 is 2.92 bits per heavy atom. The van der Waals surface area contributed by atoms with E-state index < -0.39 is 0 Å². The van der Waals surface area contributed by atoms with Crippen molar-refractivity contribution in [3.05, 3.63) is 29.3 Å². The van der Waals surface area contributed by atoms with Crippen LogP contribution in [0.5, 0.6) is 0 Å². The lowest BCUT2D eigenvalue weighted by Gasteiger charge is -2.34. The second-order valence-electron chi connectivity index (χ2n) is 7.40. The molecule has 0 saturated carbocycles. The Bertz CT molecular complexity index is 688. The van der Waals surface area contributed by atoms with E-state index in [2.05, 4.69) is 19.1 Å². The number of anilines is 1. The number of hydrogen-bond donors (Lipinski definition) is 0. The number of benzene rings is 1. The van der Waals surface area contributed by atoms with Crippen molar-refractivity contribution < 1.29 is 14.3 Å². The predicted molar refractivity (Wildman–Crippen MR) is 95.5 cm³/mol. The molecule has 0 radical (unpaired) electrons. The summed E-state index contributed by atoms with van der Waals surface area (Å²) in [7, 11) is 0. The molecule has 0 N–H and O–H groups in total. The van der Waals surface area contributed by atoms with Crippen molar-refractivity contribution in [3.63, 3.8) is 0 Å². The molecule has 2 heterocycles. The van der Waals surface area contributed by atoms with Crippen molar-refractivity contribution in [2.75, 3.05) is 31.1 Å². The van der Waals surface area contributed by atoms with Gasteiger partial charge in [0.25, 0.3) is 0 Å². The Balaban J connectivity index is 1.46. The van der Waals surface area contributed by atoms with E-state index in [1.165, 1.54) is 17.5 Å². The summed E-state index contributed by atoms with van der Waals surface area (Å²) >= 11 is 0. The molecular formula is C20H26N2O3. The third-order valence-corrected chi connectivity index (χ3v) is 5.77. The van der Waals surface area contributed by atoms with Gasteiger partial charge in [0.2, 0.25) is 11.8 Å². The molecule has 134 valence electrons. The van der Waals surface area contributed by atoms with Crippen LogP contribution in [0.1, 0.15) is 37.3 Å². The largest absolute Gasteiger partial charge is 0.375 e. The van der Waals surface area contributed by atoms with Crippen LogP contribution in [0, 0.1) is 5.92 Å². The zero-order chi connectivity index (χ0) is 17.4. The summed E-state index contributed by atoms with van der Waals surface area (Å²) in [5.74, 6) is -0.0493. The van der Waals surface area contributed by atoms with E-state index in [9.17, 15) is 9.59 Å². The molecule has 2 aliphatic heterocycles. The molecule has 1 aromatic carbocycles. The number of carbonyl (C=O) groups excluding carboxylic acids is 2. The Morgan fingerprint density at radius 1 is 1.24 bits per heavy atom. The molecule has 5 heteroatoms. The van der Waals surface area contributed by atoms with Crippen molar-refractivity contribution in [1.29, 1.82) is 0 Å². The number of nitrogens with zero attached hydrogens (tertiary/aromatic N) is 2. The summed E-state index contributed by atoms with van der Waals surface area (Å²) in [6.07, 6.45) is 4.80. The number of hydrogen-bond acceptors (Lipinski definition) is 3. The maximum absolute atomic E-state index is 12.9. The van der Waals surface area contributed by atoms with Crippen molar-refractivity contribution in [2.24, 2.45) is 5.92 Å². The van der Waals surface area contributed by atoms with Gasteiger partial charge in [-0.2, -0.15) is 0 Å². The van der Waals surface area contributed by atoms with E-state index in [1.54, 1.807) is 4.90 Å². The first kappa shape index (κ1) is 16.6. The molecule has 4 rings (SSSR count).